The zero-order valence-electron chi connectivity index (χ0n) is 12.4. The maximum Gasteiger partial charge on any atom is 0.252 e. The van der Waals surface area contributed by atoms with Crippen molar-refractivity contribution in [3.8, 4) is 0 Å². The van der Waals surface area contributed by atoms with Crippen LogP contribution in [0, 0.1) is 17.8 Å². The van der Waals surface area contributed by atoms with Crippen molar-refractivity contribution in [2.75, 3.05) is 18.4 Å². The Kier molecular flexibility index (Phi) is 4.34. The molecule has 0 unspecified atom stereocenters. The number of aromatic nitrogens is 1. The molecule has 2 aliphatic rings. The summed E-state index contributed by atoms with van der Waals surface area (Å²) in [6, 6.07) is 1.69. The summed E-state index contributed by atoms with van der Waals surface area (Å²) in [5, 5.41) is 6.62. The number of anilines is 1. The third-order valence-electron chi connectivity index (χ3n) is 4.40. The highest BCUT2D eigenvalue weighted by atomic mass is 35.5. The van der Waals surface area contributed by atoms with E-state index < -0.39 is 0 Å². The number of nitrogens with zero attached hydrogens (tertiary/aromatic N) is 1. The molecule has 0 spiro atoms. The van der Waals surface area contributed by atoms with Crippen LogP contribution in [0.1, 0.15) is 43.0 Å². The molecule has 0 radical (unpaired) electrons. The fraction of sp³-hybridized carbons (Fsp3) is 0.625. The monoisotopic (exact) mass is 307 g/mol. The van der Waals surface area contributed by atoms with E-state index in [1.54, 1.807) is 12.3 Å². The van der Waals surface area contributed by atoms with Crippen molar-refractivity contribution in [2.24, 2.45) is 17.8 Å². The molecule has 3 rings (SSSR count). The van der Waals surface area contributed by atoms with E-state index in [0.717, 1.165) is 24.9 Å². The molecule has 2 N–H and O–H groups in total. The summed E-state index contributed by atoms with van der Waals surface area (Å²) >= 11 is 6.13. The molecular formula is C16H22ClN3O. The zero-order chi connectivity index (χ0) is 14.8. The van der Waals surface area contributed by atoms with Gasteiger partial charge in [0.1, 0.15) is 5.82 Å². The SMILES string of the molecule is CCNc1ncc(C(=O)NCC(C2CC2)C2CC2)cc1Cl. The van der Waals surface area contributed by atoms with Crippen molar-refractivity contribution >= 4 is 23.3 Å². The minimum absolute atomic E-state index is 0.0706. The first-order valence-corrected chi connectivity index (χ1v) is 8.24. The number of hydrogen-bond donors (Lipinski definition) is 2. The van der Waals surface area contributed by atoms with E-state index in [9.17, 15) is 4.79 Å². The lowest BCUT2D eigenvalue weighted by molar-refractivity contribution is 0.0943. The Morgan fingerprint density at radius 3 is 2.57 bits per heavy atom. The van der Waals surface area contributed by atoms with Gasteiger partial charge in [0.25, 0.3) is 5.91 Å². The van der Waals surface area contributed by atoms with Crippen molar-refractivity contribution in [1.29, 1.82) is 0 Å². The van der Waals surface area contributed by atoms with E-state index in [0.29, 0.717) is 22.3 Å². The van der Waals surface area contributed by atoms with Gasteiger partial charge in [-0.25, -0.2) is 4.98 Å². The van der Waals surface area contributed by atoms with E-state index in [2.05, 4.69) is 15.6 Å². The molecule has 0 aromatic carbocycles. The predicted molar refractivity (Wildman–Crippen MR) is 84.7 cm³/mol. The van der Waals surface area contributed by atoms with Crippen molar-refractivity contribution in [2.45, 2.75) is 32.6 Å². The van der Waals surface area contributed by atoms with Gasteiger partial charge in [0.15, 0.2) is 0 Å². The zero-order valence-corrected chi connectivity index (χ0v) is 13.1. The molecule has 0 saturated heterocycles. The molecule has 114 valence electrons. The fourth-order valence-corrected chi connectivity index (χ4v) is 3.17. The van der Waals surface area contributed by atoms with Crippen LogP contribution in [0.5, 0.6) is 0 Å². The van der Waals surface area contributed by atoms with Crippen molar-refractivity contribution in [1.82, 2.24) is 10.3 Å². The van der Waals surface area contributed by atoms with E-state index >= 15 is 0 Å². The van der Waals surface area contributed by atoms with Gasteiger partial charge in [-0.05, 0) is 56.4 Å². The quantitative estimate of drug-likeness (QED) is 0.812. The molecule has 0 aliphatic heterocycles. The molecule has 0 atom stereocenters. The summed E-state index contributed by atoms with van der Waals surface area (Å²) in [6.45, 7) is 3.53. The highest BCUT2D eigenvalue weighted by molar-refractivity contribution is 6.33. The highest BCUT2D eigenvalue weighted by Crippen LogP contribution is 2.48. The van der Waals surface area contributed by atoms with Gasteiger partial charge in [-0.3, -0.25) is 4.79 Å². The van der Waals surface area contributed by atoms with Gasteiger partial charge in [-0.1, -0.05) is 11.6 Å². The van der Waals surface area contributed by atoms with Gasteiger partial charge >= 0.3 is 0 Å². The topological polar surface area (TPSA) is 54.0 Å². The average molecular weight is 308 g/mol. The summed E-state index contributed by atoms with van der Waals surface area (Å²) in [5.41, 5.74) is 0.534. The lowest BCUT2D eigenvalue weighted by atomic mass is 9.98. The van der Waals surface area contributed by atoms with E-state index in [-0.39, 0.29) is 5.91 Å². The minimum Gasteiger partial charge on any atom is -0.369 e. The number of nitrogens with one attached hydrogen (secondary N) is 2. The molecule has 1 heterocycles. The number of halogens is 1. The number of amides is 1. The molecule has 0 bridgehead atoms. The Bertz CT molecular complexity index is 514. The number of hydrogen-bond acceptors (Lipinski definition) is 3. The predicted octanol–water partition coefficient (Wildman–Crippen LogP) is 3.33. The van der Waals surface area contributed by atoms with Crippen molar-refractivity contribution in [3.05, 3.63) is 22.8 Å². The second kappa shape index (κ2) is 6.22. The molecule has 4 nitrogen and oxygen atoms in total. The van der Waals surface area contributed by atoms with Crippen molar-refractivity contribution < 1.29 is 4.79 Å². The normalized spacial score (nSPS) is 17.9. The maximum absolute atomic E-state index is 12.2. The van der Waals surface area contributed by atoms with Crippen LogP contribution in [0.4, 0.5) is 5.82 Å². The first kappa shape index (κ1) is 14.6. The van der Waals surface area contributed by atoms with Gasteiger partial charge in [-0.2, -0.15) is 0 Å². The smallest absolute Gasteiger partial charge is 0.252 e. The number of carbonyl (C=O) groups is 1. The largest absolute Gasteiger partial charge is 0.369 e. The molecule has 2 fully saturated rings. The van der Waals surface area contributed by atoms with Crippen LogP contribution in [0.2, 0.25) is 5.02 Å². The third kappa shape index (κ3) is 3.67. The van der Waals surface area contributed by atoms with Crippen LogP contribution >= 0.6 is 11.6 Å². The molecule has 5 heteroatoms. The Labute approximate surface area is 130 Å². The van der Waals surface area contributed by atoms with Crippen LogP contribution in [0.25, 0.3) is 0 Å². The Morgan fingerprint density at radius 2 is 2.05 bits per heavy atom. The average Bonchev–Trinajstić information content (AvgIpc) is 3.35. The second-order valence-corrected chi connectivity index (χ2v) is 6.54. The van der Waals surface area contributed by atoms with Gasteiger partial charge in [0, 0.05) is 19.3 Å². The van der Waals surface area contributed by atoms with Crippen LogP contribution in [0.3, 0.4) is 0 Å². The Morgan fingerprint density at radius 1 is 1.38 bits per heavy atom. The van der Waals surface area contributed by atoms with Gasteiger partial charge in [-0.15, -0.1) is 0 Å². The number of carbonyl (C=O) groups excluding carboxylic acids is 1. The number of pyridine rings is 1. The lowest BCUT2D eigenvalue weighted by Crippen LogP contribution is -2.31. The molecule has 21 heavy (non-hydrogen) atoms. The number of rotatable bonds is 7. The summed E-state index contributed by atoms with van der Waals surface area (Å²) in [6.07, 6.45) is 6.93. The van der Waals surface area contributed by atoms with E-state index in [1.165, 1.54) is 25.7 Å². The van der Waals surface area contributed by atoms with Crippen molar-refractivity contribution in [3.63, 3.8) is 0 Å². The summed E-state index contributed by atoms with van der Waals surface area (Å²) in [4.78, 5) is 16.4. The highest BCUT2D eigenvalue weighted by Gasteiger charge is 2.41. The van der Waals surface area contributed by atoms with E-state index in [1.807, 2.05) is 6.92 Å². The first-order valence-electron chi connectivity index (χ1n) is 7.86. The molecule has 1 aromatic rings. The van der Waals surface area contributed by atoms with Crippen LogP contribution in [-0.4, -0.2) is 24.0 Å². The summed E-state index contributed by atoms with van der Waals surface area (Å²) < 4.78 is 0. The molecule has 2 aliphatic carbocycles. The van der Waals surface area contributed by atoms with Crippen LogP contribution in [-0.2, 0) is 0 Å². The maximum atomic E-state index is 12.2. The molecule has 1 aromatic heterocycles. The minimum atomic E-state index is -0.0706. The summed E-state index contributed by atoms with van der Waals surface area (Å²) in [7, 11) is 0. The van der Waals surface area contributed by atoms with E-state index in [4.69, 9.17) is 11.6 Å². The van der Waals surface area contributed by atoms with Gasteiger partial charge < -0.3 is 10.6 Å². The standard InChI is InChI=1S/C16H22ClN3O/c1-2-18-15-14(17)7-12(8-19-15)16(21)20-9-13(10-3-4-10)11-5-6-11/h7-8,10-11,13H,2-6,9H2,1H3,(H,18,19)(H,20,21). The van der Waals surface area contributed by atoms with Crippen LogP contribution in [0.15, 0.2) is 12.3 Å². The van der Waals surface area contributed by atoms with Crippen LogP contribution < -0.4 is 10.6 Å². The molecule has 2 saturated carbocycles. The summed E-state index contributed by atoms with van der Waals surface area (Å²) in [5.74, 6) is 2.92. The Balaban J connectivity index is 1.58. The van der Waals surface area contributed by atoms with Gasteiger partial charge in [0.05, 0.1) is 10.6 Å². The lowest BCUT2D eigenvalue weighted by Gasteiger charge is -2.16. The third-order valence-corrected chi connectivity index (χ3v) is 4.69. The van der Waals surface area contributed by atoms with Gasteiger partial charge in [0.2, 0.25) is 0 Å². The fourth-order valence-electron chi connectivity index (χ4n) is 2.94. The Hall–Kier alpha value is -1.29. The second-order valence-electron chi connectivity index (χ2n) is 6.13. The molecule has 1 amide bonds. The first-order chi connectivity index (χ1) is 10.2. The molecular weight excluding hydrogens is 286 g/mol.